The monoisotopic (exact) mass is 258 g/mol. The first-order chi connectivity index (χ1) is 8.34. The lowest BCUT2D eigenvalue weighted by Crippen LogP contribution is -2.25. The summed E-state index contributed by atoms with van der Waals surface area (Å²) in [6.45, 7) is 0. The summed E-state index contributed by atoms with van der Waals surface area (Å²) in [4.78, 5) is 14.4. The highest BCUT2D eigenvalue weighted by Crippen LogP contribution is 2.33. The van der Waals surface area contributed by atoms with Crippen LogP contribution >= 0.6 is 0 Å². The predicted octanol–water partition coefficient (Wildman–Crippen LogP) is 1.96. The Bertz CT molecular complexity index is 662. The molecule has 0 unspecified atom stereocenters. The van der Waals surface area contributed by atoms with E-state index in [-0.39, 0.29) is 16.7 Å². The van der Waals surface area contributed by atoms with Gasteiger partial charge in [-0.05, 0) is 18.2 Å². The normalized spacial score (nSPS) is 11.8. The van der Waals surface area contributed by atoms with E-state index in [1.54, 1.807) is 0 Å². The van der Waals surface area contributed by atoms with Crippen LogP contribution < -0.4 is 10.4 Å². The molecule has 4 nitrogen and oxygen atoms in total. The molecule has 2 rings (SSSR count). The molecular weight excluding hydrogens is 249 g/mol. The molecule has 18 heavy (non-hydrogen) atoms. The summed E-state index contributed by atoms with van der Waals surface area (Å²) in [5, 5.41) is -0.163. The van der Waals surface area contributed by atoms with Crippen LogP contribution in [0.1, 0.15) is 5.69 Å². The van der Waals surface area contributed by atoms with Crippen molar-refractivity contribution in [2.24, 2.45) is 7.05 Å². The van der Waals surface area contributed by atoms with Crippen molar-refractivity contribution < 1.29 is 17.9 Å². The molecule has 1 aromatic heterocycles. The molecule has 0 N–H and O–H groups in total. The highest BCUT2D eigenvalue weighted by atomic mass is 19.4. The Hall–Kier alpha value is -2.05. The van der Waals surface area contributed by atoms with Crippen molar-refractivity contribution >= 4 is 10.9 Å². The van der Waals surface area contributed by atoms with Crippen molar-refractivity contribution in [1.29, 1.82) is 0 Å². The van der Waals surface area contributed by atoms with Crippen LogP contribution in [0.2, 0.25) is 0 Å². The van der Waals surface area contributed by atoms with Crippen LogP contribution in [-0.4, -0.2) is 16.7 Å². The van der Waals surface area contributed by atoms with Gasteiger partial charge >= 0.3 is 11.9 Å². The molecule has 2 aromatic rings. The summed E-state index contributed by atoms with van der Waals surface area (Å²) in [5.41, 5.74) is -1.98. The topological polar surface area (TPSA) is 44.1 Å². The summed E-state index contributed by atoms with van der Waals surface area (Å²) < 4.78 is 44.4. The van der Waals surface area contributed by atoms with Gasteiger partial charge in [-0.15, -0.1) is 0 Å². The Balaban J connectivity index is 2.93. The number of rotatable bonds is 1. The quantitative estimate of drug-likeness (QED) is 0.785. The van der Waals surface area contributed by atoms with Crippen molar-refractivity contribution in [3.8, 4) is 5.75 Å². The van der Waals surface area contributed by atoms with Crippen molar-refractivity contribution in [2.75, 3.05) is 7.11 Å². The van der Waals surface area contributed by atoms with Gasteiger partial charge in [0, 0.05) is 12.4 Å². The van der Waals surface area contributed by atoms with Gasteiger partial charge in [-0.2, -0.15) is 18.2 Å². The number of nitrogens with zero attached hydrogens (tertiary/aromatic N) is 2. The molecule has 96 valence electrons. The molecule has 0 saturated carbocycles. The van der Waals surface area contributed by atoms with Gasteiger partial charge in [-0.1, -0.05) is 0 Å². The average molecular weight is 258 g/mol. The standard InChI is InChI=1S/C11H9F3N2O2/c1-16-8-4-3-6(18-2)5-7(8)9(11(12,13)14)15-10(16)17/h3-5H,1-2H3. The lowest BCUT2D eigenvalue weighted by atomic mass is 10.1. The van der Waals surface area contributed by atoms with E-state index >= 15 is 0 Å². The minimum atomic E-state index is -4.68. The van der Waals surface area contributed by atoms with E-state index in [2.05, 4.69) is 4.98 Å². The van der Waals surface area contributed by atoms with Gasteiger partial charge in [0.1, 0.15) is 5.75 Å². The maximum absolute atomic E-state index is 12.8. The highest BCUT2D eigenvalue weighted by molar-refractivity contribution is 5.83. The Morgan fingerprint density at radius 3 is 2.56 bits per heavy atom. The SMILES string of the molecule is COc1ccc2c(c1)c(C(F)(F)F)nc(=O)n2C. The summed E-state index contributed by atoms with van der Waals surface area (Å²) >= 11 is 0. The second-order valence-electron chi connectivity index (χ2n) is 3.68. The Labute approximate surface area is 99.6 Å². The maximum atomic E-state index is 12.8. The second kappa shape index (κ2) is 4.01. The number of hydrogen-bond acceptors (Lipinski definition) is 3. The predicted molar refractivity (Wildman–Crippen MR) is 58.5 cm³/mol. The molecule has 1 heterocycles. The molecule has 0 bridgehead atoms. The zero-order chi connectivity index (χ0) is 13.5. The van der Waals surface area contributed by atoms with E-state index in [0.29, 0.717) is 0 Å². The minimum absolute atomic E-state index is 0.156. The van der Waals surface area contributed by atoms with E-state index in [0.717, 1.165) is 4.57 Å². The lowest BCUT2D eigenvalue weighted by molar-refractivity contribution is -0.140. The van der Waals surface area contributed by atoms with Crippen LogP contribution in [0.5, 0.6) is 5.75 Å². The van der Waals surface area contributed by atoms with Gasteiger partial charge in [-0.25, -0.2) is 4.79 Å². The van der Waals surface area contributed by atoms with Gasteiger partial charge in [0.25, 0.3) is 0 Å². The minimum Gasteiger partial charge on any atom is -0.497 e. The number of benzene rings is 1. The van der Waals surface area contributed by atoms with Crippen LogP contribution in [0.25, 0.3) is 10.9 Å². The smallest absolute Gasteiger partial charge is 0.434 e. The fourth-order valence-electron chi connectivity index (χ4n) is 1.67. The van der Waals surface area contributed by atoms with E-state index in [9.17, 15) is 18.0 Å². The average Bonchev–Trinajstić information content (AvgIpc) is 2.31. The molecule has 0 spiro atoms. The Morgan fingerprint density at radius 1 is 1.33 bits per heavy atom. The fourth-order valence-corrected chi connectivity index (χ4v) is 1.67. The van der Waals surface area contributed by atoms with Gasteiger partial charge in [0.2, 0.25) is 0 Å². The molecule has 0 aliphatic heterocycles. The molecule has 0 saturated heterocycles. The van der Waals surface area contributed by atoms with Crippen LogP contribution in [0, 0.1) is 0 Å². The Kier molecular flexibility index (Phi) is 2.76. The first-order valence-electron chi connectivity index (χ1n) is 4.96. The molecule has 0 aliphatic carbocycles. The molecule has 7 heteroatoms. The number of methoxy groups -OCH3 is 1. The summed E-state index contributed by atoms with van der Waals surface area (Å²) in [6.07, 6.45) is -4.68. The van der Waals surface area contributed by atoms with E-state index < -0.39 is 17.6 Å². The molecule has 0 atom stereocenters. The maximum Gasteiger partial charge on any atom is 0.434 e. The van der Waals surface area contributed by atoms with Crippen LogP contribution in [-0.2, 0) is 13.2 Å². The largest absolute Gasteiger partial charge is 0.497 e. The third-order valence-electron chi connectivity index (χ3n) is 2.58. The number of halogens is 3. The summed E-state index contributed by atoms with van der Waals surface area (Å²) in [6, 6.07) is 4.10. The number of fused-ring (bicyclic) bond motifs is 1. The van der Waals surface area contributed by atoms with Gasteiger partial charge in [0.05, 0.1) is 12.6 Å². The summed E-state index contributed by atoms with van der Waals surface area (Å²) in [5.74, 6) is 0.272. The number of ether oxygens (including phenoxy) is 1. The third kappa shape index (κ3) is 1.92. The van der Waals surface area contributed by atoms with Crippen molar-refractivity contribution in [2.45, 2.75) is 6.18 Å². The van der Waals surface area contributed by atoms with Crippen molar-refractivity contribution in [3.05, 3.63) is 34.4 Å². The van der Waals surface area contributed by atoms with Crippen molar-refractivity contribution in [3.63, 3.8) is 0 Å². The van der Waals surface area contributed by atoms with E-state index in [1.807, 2.05) is 0 Å². The molecule has 0 fully saturated rings. The zero-order valence-corrected chi connectivity index (χ0v) is 9.58. The number of aryl methyl sites for hydroxylation is 1. The number of aromatic nitrogens is 2. The molecule has 0 amide bonds. The first-order valence-corrected chi connectivity index (χ1v) is 4.96. The number of hydrogen-bond donors (Lipinski definition) is 0. The number of alkyl halides is 3. The third-order valence-corrected chi connectivity index (χ3v) is 2.58. The van der Waals surface area contributed by atoms with Crippen molar-refractivity contribution in [1.82, 2.24) is 9.55 Å². The van der Waals surface area contributed by atoms with Gasteiger partial charge in [-0.3, -0.25) is 4.57 Å². The first kappa shape index (κ1) is 12.4. The summed E-state index contributed by atoms with van der Waals surface area (Å²) in [7, 11) is 2.72. The van der Waals surface area contributed by atoms with Crippen LogP contribution in [0.15, 0.2) is 23.0 Å². The van der Waals surface area contributed by atoms with E-state index in [4.69, 9.17) is 4.74 Å². The second-order valence-corrected chi connectivity index (χ2v) is 3.68. The van der Waals surface area contributed by atoms with Gasteiger partial charge < -0.3 is 4.74 Å². The highest BCUT2D eigenvalue weighted by Gasteiger charge is 2.35. The van der Waals surface area contributed by atoms with Crippen LogP contribution in [0.4, 0.5) is 13.2 Å². The lowest BCUT2D eigenvalue weighted by Gasteiger charge is -2.12. The Morgan fingerprint density at radius 2 is 2.00 bits per heavy atom. The molecular formula is C11H9F3N2O2. The zero-order valence-electron chi connectivity index (χ0n) is 9.58. The van der Waals surface area contributed by atoms with Crippen LogP contribution in [0.3, 0.4) is 0 Å². The van der Waals surface area contributed by atoms with Gasteiger partial charge in [0.15, 0.2) is 5.69 Å². The fraction of sp³-hybridized carbons (Fsp3) is 0.273. The van der Waals surface area contributed by atoms with E-state index in [1.165, 1.54) is 32.4 Å². The molecule has 1 aromatic carbocycles. The molecule has 0 aliphatic rings. The molecule has 0 radical (unpaired) electrons.